The number of amides is 1. The molecular weight excluding hydrogens is 406 g/mol. The van der Waals surface area contributed by atoms with Gasteiger partial charge in [-0.15, -0.1) is 0 Å². The van der Waals surface area contributed by atoms with Crippen molar-refractivity contribution in [1.82, 2.24) is 10.2 Å². The normalized spacial score (nSPS) is 20.5. The number of benzene rings is 2. The summed E-state index contributed by atoms with van der Waals surface area (Å²) in [5.74, 6) is 0.764. The third-order valence-electron chi connectivity index (χ3n) is 6.87. The van der Waals surface area contributed by atoms with E-state index in [1.807, 2.05) is 24.3 Å². The topological polar surface area (TPSA) is 35.6 Å². The Labute approximate surface area is 191 Å². The molecule has 0 aliphatic carbocycles. The van der Waals surface area contributed by atoms with Gasteiger partial charge < -0.3 is 10.2 Å². The van der Waals surface area contributed by atoms with E-state index in [0.29, 0.717) is 29.9 Å². The molecule has 2 fully saturated rings. The number of piperidine rings is 2. The highest BCUT2D eigenvalue weighted by atomic mass is 35.5. The summed E-state index contributed by atoms with van der Waals surface area (Å²) in [5.41, 5.74) is 2.32. The summed E-state index contributed by atoms with van der Waals surface area (Å²) in [7, 11) is 0. The van der Waals surface area contributed by atoms with Crippen LogP contribution in [0.4, 0.5) is 5.69 Å². The maximum Gasteiger partial charge on any atom is 0.220 e. The third-order valence-corrected chi connectivity index (χ3v) is 7.23. The summed E-state index contributed by atoms with van der Waals surface area (Å²) in [6.07, 6.45) is 6.56. The molecule has 2 aromatic rings. The molecule has 5 heteroatoms. The minimum Gasteiger partial charge on any atom is -0.371 e. The van der Waals surface area contributed by atoms with Gasteiger partial charge in [-0.25, -0.2) is 0 Å². The first kappa shape index (κ1) is 22.2. The highest BCUT2D eigenvalue weighted by molar-refractivity contribution is 6.31. The molecule has 2 aromatic carbocycles. The zero-order valence-electron chi connectivity index (χ0n) is 18.3. The van der Waals surface area contributed by atoms with Crippen molar-refractivity contribution in [2.24, 2.45) is 5.92 Å². The van der Waals surface area contributed by atoms with E-state index in [0.717, 1.165) is 31.6 Å². The largest absolute Gasteiger partial charge is 0.371 e. The van der Waals surface area contributed by atoms with Crippen molar-refractivity contribution >= 4 is 23.2 Å². The van der Waals surface area contributed by atoms with Crippen molar-refractivity contribution in [3.8, 4) is 0 Å². The van der Waals surface area contributed by atoms with Crippen LogP contribution >= 0.6 is 11.6 Å². The van der Waals surface area contributed by atoms with Gasteiger partial charge in [0.2, 0.25) is 5.91 Å². The molecule has 0 saturated carbocycles. The average Bonchev–Trinajstić information content (AvgIpc) is 2.83. The predicted octanol–water partition coefficient (Wildman–Crippen LogP) is 5.12. The van der Waals surface area contributed by atoms with Crippen LogP contribution < -0.4 is 10.2 Å². The van der Waals surface area contributed by atoms with E-state index < -0.39 is 0 Å². The number of carbonyl (C=O) groups is 1. The predicted molar refractivity (Wildman–Crippen MR) is 129 cm³/mol. The van der Waals surface area contributed by atoms with E-state index in [4.69, 9.17) is 11.6 Å². The number of likely N-dealkylation sites (tertiary alicyclic amines) is 1. The average molecular weight is 440 g/mol. The molecule has 0 radical (unpaired) electrons. The second-order valence-corrected chi connectivity index (χ2v) is 9.37. The molecule has 1 atom stereocenters. The Kier molecular flexibility index (Phi) is 7.87. The van der Waals surface area contributed by atoms with Crippen molar-refractivity contribution in [3.05, 3.63) is 65.2 Å². The summed E-state index contributed by atoms with van der Waals surface area (Å²) < 4.78 is 0. The fourth-order valence-corrected chi connectivity index (χ4v) is 5.25. The SMILES string of the molecule is O=C(CC[C@@H]1CCCN(C2CCN(c3ccccc3)CC2)C1)NCc1ccccc1Cl. The molecule has 166 valence electrons. The lowest BCUT2D eigenvalue weighted by Gasteiger charge is -2.43. The highest BCUT2D eigenvalue weighted by Crippen LogP contribution is 2.28. The first-order valence-corrected chi connectivity index (χ1v) is 12.1. The number of hydrogen-bond acceptors (Lipinski definition) is 3. The number of nitrogens with zero attached hydrogens (tertiary/aromatic N) is 2. The van der Waals surface area contributed by atoms with Crippen molar-refractivity contribution in [3.63, 3.8) is 0 Å². The summed E-state index contributed by atoms with van der Waals surface area (Å²) >= 11 is 6.18. The zero-order valence-corrected chi connectivity index (χ0v) is 19.1. The van der Waals surface area contributed by atoms with Gasteiger partial charge in [0, 0.05) is 49.4 Å². The van der Waals surface area contributed by atoms with Crippen LogP contribution in [0.1, 0.15) is 44.1 Å². The van der Waals surface area contributed by atoms with E-state index in [-0.39, 0.29) is 5.91 Å². The minimum atomic E-state index is 0.133. The van der Waals surface area contributed by atoms with Crippen molar-refractivity contribution in [2.75, 3.05) is 31.1 Å². The second kappa shape index (κ2) is 11.0. The van der Waals surface area contributed by atoms with Gasteiger partial charge in [-0.2, -0.15) is 0 Å². The molecule has 0 bridgehead atoms. The quantitative estimate of drug-likeness (QED) is 0.650. The van der Waals surface area contributed by atoms with Gasteiger partial charge in [0.1, 0.15) is 0 Å². The summed E-state index contributed by atoms with van der Waals surface area (Å²) in [6.45, 7) is 5.15. The van der Waals surface area contributed by atoms with Crippen LogP contribution in [-0.2, 0) is 11.3 Å². The van der Waals surface area contributed by atoms with Crippen molar-refractivity contribution < 1.29 is 4.79 Å². The molecule has 4 nitrogen and oxygen atoms in total. The van der Waals surface area contributed by atoms with Crippen LogP contribution in [-0.4, -0.2) is 43.0 Å². The van der Waals surface area contributed by atoms with Crippen LogP contribution in [0.25, 0.3) is 0 Å². The Hall–Kier alpha value is -2.04. The Morgan fingerprint density at radius 3 is 2.48 bits per heavy atom. The van der Waals surface area contributed by atoms with E-state index in [2.05, 4.69) is 45.4 Å². The lowest BCUT2D eigenvalue weighted by molar-refractivity contribution is -0.121. The van der Waals surface area contributed by atoms with Gasteiger partial charge in [-0.3, -0.25) is 9.69 Å². The lowest BCUT2D eigenvalue weighted by Crippen LogP contribution is -2.48. The molecule has 2 heterocycles. The maximum atomic E-state index is 12.4. The molecule has 0 spiro atoms. The molecular formula is C26H34ClN3O. The third kappa shape index (κ3) is 6.24. The second-order valence-electron chi connectivity index (χ2n) is 8.96. The molecule has 1 N–H and O–H groups in total. The van der Waals surface area contributed by atoms with Crippen LogP contribution in [0, 0.1) is 5.92 Å². The molecule has 2 aliphatic rings. The van der Waals surface area contributed by atoms with E-state index in [1.54, 1.807) is 0 Å². The summed E-state index contributed by atoms with van der Waals surface area (Å²) in [4.78, 5) is 17.6. The maximum absolute atomic E-state index is 12.4. The number of nitrogens with one attached hydrogen (secondary N) is 1. The molecule has 0 unspecified atom stereocenters. The number of carbonyl (C=O) groups excluding carboxylic acids is 1. The summed E-state index contributed by atoms with van der Waals surface area (Å²) in [6, 6.07) is 19.2. The number of hydrogen-bond donors (Lipinski definition) is 1. The standard InChI is InChI=1S/C26H34ClN3O/c27-25-11-5-4-8-22(25)19-28-26(31)13-12-21-7-6-16-30(20-21)24-14-17-29(18-15-24)23-9-2-1-3-10-23/h1-5,8-11,21,24H,6-7,12-20H2,(H,28,31)/t21-/m0/s1. The lowest BCUT2D eigenvalue weighted by atomic mass is 9.90. The van der Waals surface area contributed by atoms with Gasteiger partial charge in [-0.05, 0) is 68.3 Å². The van der Waals surface area contributed by atoms with Crippen molar-refractivity contribution in [2.45, 2.75) is 51.1 Å². The van der Waals surface area contributed by atoms with Gasteiger partial charge in [0.05, 0.1) is 0 Å². The number of anilines is 1. The Morgan fingerprint density at radius 1 is 0.968 bits per heavy atom. The molecule has 2 saturated heterocycles. The van der Waals surface area contributed by atoms with Gasteiger partial charge in [0.25, 0.3) is 0 Å². The van der Waals surface area contributed by atoms with E-state index >= 15 is 0 Å². The first-order valence-electron chi connectivity index (χ1n) is 11.7. The molecule has 4 rings (SSSR count). The molecule has 31 heavy (non-hydrogen) atoms. The summed E-state index contributed by atoms with van der Waals surface area (Å²) in [5, 5.41) is 3.74. The highest BCUT2D eigenvalue weighted by Gasteiger charge is 2.29. The van der Waals surface area contributed by atoms with Crippen LogP contribution in [0.3, 0.4) is 0 Å². The fraction of sp³-hybridized carbons (Fsp3) is 0.500. The van der Waals surface area contributed by atoms with Gasteiger partial charge in [0.15, 0.2) is 0 Å². The van der Waals surface area contributed by atoms with Gasteiger partial charge >= 0.3 is 0 Å². The van der Waals surface area contributed by atoms with Crippen LogP contribution in [0.15, 0.2) is 54.6 Å². The number of rotatable bonds is 7. The van der Waals surface area contributed by atoms with E-state index in [1.165, 1.54) is 37.9 Å². The number of halogens is 1. The smallest absolute Gasteiger partial charge is 0.220 e. The zero-order chi connectivity index (χ0) is 21.5. The monoisotopic (exact) mass is 439 g/mol. The molecule has 0 aromatic heterocycles. The van der Waals surface area contributed by atoms with Crippen LogP contribution in [0.2, 0.25) is 5.02 Å². The van der Waals surface area contributed by atoms with Crippen LogP contribution in [0.5, 0.6) is 0 Å². The minimum absolute atomic E-state index is 0.133. The number of para-hydroxylation sites is 1. The van der Waals surface area contributed by atoms with E-state index in [9.17, 15) is 4.79 Å². The Bertz CT molecular complexity index is 836. The molecule has 1 amide bonds. The molecule has 2 aliphatic heterocycles. The fourth-order valence-electron chi connectivity index (χ4n) is 5.05. The van der Waals surface area contributed by atoms with Crippen molar-refractivity contribution in [1.29, 1.82) is 0 Å². The van der Waals surface area contributed by atoms with Gasteiger partial charge in [-0.1, -0.05) is 48.0 Å². The Morgan fingerprint density at radius 2 is 1.71 bits per heavy atom. The Balaban J connectivity index is 1.18. The first-order chi connectivity index (χ1) is 15.2.